The normalized spacial score (nSPS) is 11.7. The Morgan fingerprint density at radius 1 is 1.17 bits per heavy atom. The fraction of sp³-hybridized carbons (Fsp3) is 0.800. The molecule has 1 heterocycles. The van der Waals surface area contributed by atoms with E-state index in [1.54, 1.807) is 0 Å². The summed E-state index contributed by atoms with van der Waals surface area (Å²) in [6, 6.07) is 0. The summed E-state index contributed by atoms with van der Waals surface area (Å²) in [6.45, 7) is 11.8. The van der Waals surface area contributed by atoms with E-state index in [9.17, 15) is 5.11 Å². The van der Waals surface area contributed by atoms with Crippen molar-refractivity contribution < 1.29 is 5.11 Å². The molecule has 0 aliphatic heterocycles. The van der Waals surface area contributed by atoms with Crippen molar-refractivity contribution in [2.24, 2.45) is 11.8 Å². The molecule has 0 spiro atoms. The molecule has 104 valence electrons. The van der Waals surface area contributed by atoms with Crippen molar-refractivity contribution in [3.8, 4) is 5.75 Å². The largest absolute Gasteiger partial charge is 0.504 e. The Hall–Kier alpha value is -0.990. The number of hydrogen-bond donors (Lipinski definition) is 1. The Kier molecular flexibility index (Phi) is 5.70. The summed E-state index contributed by atoms with van der Waals surface area (Å²) in [7, 11) is 0. The molecule has 0 fully saturated rings. The van der Waals surface area contributed by atoms with Gasteiger partial charge in [-0.15, -0.1) is 0 Å². The second-order valence-corrected chi connectivity index (χ2v) is 6.02. The zero-order valence-electron chi connectivity index (χ0n) is 12.5. The van der Waals surface area contributed by atoms with Crippen LogP contribution in [0.15, 0.2) is 0 Å². The lowest BCUT2D eigenvalue weighted by molar-refractivity contribution is 0.440. The van der Waals surface area contributed by atoms with Gasteiger partial charge >= 0.3 is 0 Å². The summed E-state index contributed by atoms with van der Waals surface area (Å²) in [5.41, 5.74) is 1.90. The summed E-state index contributed by atoms with van der Waals surface area (Å²) in [6.07, 6.45) is 4.04. The first-order chi connectivity index (χ1) is 8.45. The van der Waals surface area contributed by atoms with Gasteiger partial charge in [-0.05, 0) is 31.1 Å². The Labute approximate surface area is 111 Å². The topological polar surface area (TPSA) is 38.1 Å². The van der Waals surface area contributed by atoms with Gasteiger partial charge in [0.05, 0.1) is 5.69 Å². The van der Waals surface area contributed by atoms with Crippen LogP contribution in [0.3, 0.4) is 0 Å². The highest BCUT2D eigenvalue weighted by Crippen LogP contribution is 2.26. The van der Waals surface area contributed by atoms with E-state index < -0.39 is 0 Å². The van der Waals surface area contributed by atoms with Gasteiger partial charge in [-0.3, -0.25) is 4.68 Å². The van der Waals surface area contributed by atoms with E-state index in [1.165, 1.54) is 0 Å². The van der Waals surface area contributed by atoms with Crippen LogP contribution < -0.4 is 0 Å². The fourth-order valence-electron chi connectivity index (χ4n) is 2.15. The smallest absolute Gasteiger partial charge is 0.160 e. The second kappa shape index (κ2) is 6.81. The molecule has 1 aromatic heterocycles. The minimum atomic E-state index is 0.442. The number of unbranched alkanes of at least 4 members (excludes halogenated alkanes) is 1. The molecular formula is C15H28N2O. The average molecular weight is 252 g/mol. The Bertz CT molecular complexity index is 367. The lowest BCUT2D eigenvalue weighted by atomic mass is 10.1. The first-order valence-corrected chi connectivity index (χ1v) is 7.23. The number of nitrogens with zero attached hydrogens (tertiary/aromatic N) is 2. The maximum atomic E-state index is 10.3. The van der Waals surface area contributed by atoms with Crippen LogP contribution in [0.2, 0.25) is 0 Å². The van der Waals surface area contributed by atoms with Crippen LogP contribution in [0.25, 0.3) is 0 Å². The first-order valence-electron chi connectivity index (χ1n) is 7.23. The highest BCUT2D eigenvalue weighted by atomic mass is 16.3. The SMILES string of the molecule is CCCCc1c(O)c(CC(C)C)nn1CC(C)C. The van der Waals surface area contributed by atoms with Crippen molar-refractivity contribution in [1.82, 2.24) is 9.78 Å². The third-order valence-electron chi connectivity index (χ3n) is 3.01. The number of aromatic hydroxyl groups is 1. The van der Waals surface area contributed by atoms with Crippen LogP contribution in [-0.4, -0.2) is 14.9 Å². The molecule has 0 saturated heterocycles. The van der Waals surface area contributed by atoms with Gasteiger partial charge in [-0.2, -0.15) is 5.10 Å². The van der Waals surface area contributed by atoms with Crippen LogP contribution in [0.4, 0.5) is 0 Å². The summed E-state index contributed by atoms with van der Waals surface area (Å²) < 4.78 is 2.02. The Morgan fingerprint density at radius 3 is 2.33 bits per heavy atom. The standard InChI is InChI=1S/C15H28N2O/c1-6-7-8-14-15(18)13(9-11(2)3)16-17(14)10-12(4)5/h11-12,18H,6-10H2,1-5H3. The molecule has 0 amide bonds. The highest BCUT2D eigenvalue weighted by Gasteiger charge is 2.17. The summed E-state index contributed by atoms with van der Waals surface area (Å²) in [5, 5.41) is 14.9. The summed E-state index contributed by atoms with van der Waals surface area (Å²) in [4.78, 5) is 0. The van der Waals surface area contributed by atoms with Gasteiger partial charge in [0, 0.05) is 6.54 Å². The van der Waals surface area contributed by atoms with E-state index in [4.69, 9.17) is 0 Å². The molecule has 0 bridgehead atoms. The molecule has 3 heteroatoms. The summed E-state index contributed by atoms with van der Waals surface area (Å²) in [5.74, 6) is 1.52. The predicted molar refractivity (Wildman–Crippen MR) is 75.9 cm³/mol. The van der Waals surface area contributed by atoms with Crippen LogP contribution in [0.5, 0.6) is 5.75 Å². The lowest BCUT2D eigenvalue weighted by Gasteiger charge is -2.09. The summed E-state index contributed by atoms with van der Waals surface area (Å²) >= 11 is 0. The van der Waals surface area contributed by atoms with Gasteiger partial charge in [0.1, 0.15) is 5.69 Å². The maximum absolute atomic E-state index is 10.3. The minimum absolute atomic E-state index is 0.442. The average Bonchev–Trinajstić information content (AvgIpc) is 2.51. The van der Waals surface area contributed by atoms with Gasteiger partial charge in [-0.1, -0.05) is 41.0 Å². The number of hydrogen-bond acceptors (Lipinski definition) is 2. The Morgan fingerprint density at radius 2 is 1.83 bits per heavy atom. The molecule has 0 saturated carbocycles. The van der Waals surface area contributed by atoms with Crippen molar-refractivity contribution in [3.63, 3.8) is 0 Å². The van der Waals surface area contributed by atoms with Gasteiger partial charge in [0.15, 0.2) is 5.75 Å². The molecule has 3 nitrogen and oxygen atoms in total. The van der Waals surface area contributed by atoms with E-state index in [2.05, 4.69) is 39.7 Å². The highest BCUT2D eigenvalue weighted by molar-refractivity contribution is 5.32. The van der Waals surface area contributed by atoms with E-state index >= 15 is 0 Å². The van der Waals surface area contributed by atoms with Crippen LogP contribution >= 0.6 is 0 Å². The van der Waals surface area contributed by atoms with Gasteiger partial charge in [0.2, 0.25) is 0 Å². The van der Waals surface area contributed by atoms with Crippen molar-refractivity contribution in [2.75, 3.05) is 0 Å². The van der Waals surface area contributed by atoms with Gasteiger partial charge < -0.3 is 5.11 Å². The second-order valence-electron chi connectivity index (χ2n) is 6.02. The maximum Gasteiger partial charge on any atom is 0.160 e. The zero-order valence-corrected chi connectivity index (χ0v) is 12.5. The zero-order chi connectivity index (χ0) is 13.7. The van der Waals surface area contributed by atoms with Crippen molar-refractivity contribution >= 4 is 0 Å². The molecule has 0 aromatic carbocycles. The quantitative estimate of drug-likeness (QED) is 0.802. The van der Waals surface area contributed by atoms with Crippen LogP contribution in [0.1, 0.15) is 58.8 Å². The van der Waals surface area contributed by atoms with E-state index in [0.29, 0.717) is 17.6 Å². The van der Waals surface area contributed by atoms with Crippen LogP contribution in [-0.2, 0) is 19.4 Å². The first kappa shape index (κ1) is 15.1. The molecule has 1 rings (SSSR count). The fourth-order valence-corrected chi connectivity index (χ4v) is 2.15. The molecule has 0 aliphatic rings. The predicted octanol–water partition coefficient (Wildman–Crippen LogP) is 3.79. The third-order valence-corrected chi connectivity index (χ3v) is 3.01. The van der Waals surface area contributed by atoms with Gasteiger partial charge in [-0.25, -0.2) is 0 Å². The van der Waals surface area contributed by atoms with Crippen molar-refractivity contribution in [2.45, 2.75) is 66.8 Å². The monoisotopic (exact) mass is 252 g/mol. The van der Waals surface area contributed by atoms with Crippen LogP contribution in [0, 0.1) is 11.8 Å². The molecule has 0 atom stereocenters. The Balaban J connectivity index is 2.97. The third kappa shape index (κ3) is 4.04. The molecule has 0 radical (unpaired) electrons. The molecular weight excluding hydrogens is 224 g/mol. The van der Waals surface area contributed by atoms with Crippen molar-refractivity contribution in [1.29, 1.82) is 0 Å². The number of aromatic nitrogens is 2. The molecule has 1 N–H and O–H groups in total. The van der Waals surface area contributed by atoms with E-state index in [0.717, 1.165) is 43.6 Å². The molecule has 1 aromatic rings. The molecule has 0 aliphatic carbocycles. The van der Waals surface area contributed by atoms with Gasteiger partial charge in [0.25, 0.3) is 0 Å². The number of rotatable bonds is 7. The van der Waals surface area contributed by atoms with E-state index in [1.807, 2.05) is 4.68 Å². The van der Waals surface area contributed by atoms with E-state index in [-0.39, 0.29) is 0 Å². The molecule has 0 unspecified atom stereocenters. The lowest BCUT2D eigenvalue weighted by Crippen LogP contribution is -2.10. The molecule has 18 heavy (non-hydrogen) atoms. The minimum Gasteiger partial charge on any atom is -0.504 e. The van der Waals surface area contributed by atoms with Crippen molar-refractivity contribution in [3.05, 3.63) is 11.4 Å².